The van der Waals surface area contributed by atoms with Crippen LogP contribution >= 0.6 is 11.6 Å². The smallest absolute Gasteiger partial charge is 0.0983 e. The second-order valence-corrected chi connectivity index (χ2v) is 4.02. The Labute approximate surface area is 73.4 Å². The molecule has 64 valence electrons. The van der Waals surface area contributed by atoms with Crippen molar-refractivity contribution >= 4 is 22.4 Å². The van der Waals surface area contributed by atoms with Gasteiger partial charge in [-0.1, -0.05) is 11.6 Å². The van der Waals surface area contributed by atoms with Crippen molar-refractivity contribution < 1.29 is 8.60 Å². The van der Waals surface area contributed by atoms with Crippen LogP contribution in [-0.2, 0) is 10.8 Å². The molecule has 0 spiro atoms. The van der Waals surface area contributed by atoms with Gasteiger partial charge in [0.05, 0.1) is 10.9 Å². The predicted molar refractivity (Wildman–Crippen MR) is 47.5 cm³/mol. The van der Waals surface area contributed by atoms with Crippen molar-refractivity contribution in [3.8, 4) is 0 Å². The van der Waals surface area contributed by atoms with Gasteiger partial charge >= 0.3 is 0 Å². The summed E-state index contributed by atoms with van der Waals surface area (Å²) < 4.78 is 23.0. The van der Waals surface area contributed by atoms with Gasteiger partial charge in [-0.2, -0.15) is 0 Å². The number of halogens is 2. The highest BCUT2D eigenvalue weighted by atomic mass is 35.5. The first-order chi connectivity index (χ1) is 4.95. The van der Waals surface area contributed by atoms with E-state index in [0.717, 1.165) is 6.08 Å². The topological polar surface area (TPSA) is 17.1 Å². The average Bonchev–Trinajstić information content (AvgIpc) is 1.84. The minimum atomic E-state index is -1.12. The highest BCUT2D eigenvalue weighted by molar-refractivity contribution is 7.88. The van der Waals surface area contributed by atoms with E-state index in [1.54, 1.807) is 6.92 Å². The summed E-state index contributed by atoms with van der Waals surface area (Å²) in [5.41, 5.74) is 0. The fourth-order valence-electron chi connectivity index (χ4n) is 0.414. The minimum absolute atomic E-state index is 0.214. The van der Waals surface area contributed by atoms with E-state index in [4.69, 9.17) is 11.6 Å². The summed E-state index contributed by atoms with van der Waals surface area (Å²) in [5, 5.41) is 0.214. The van der Waals surface area contributed by atoms with E-state index in [2.05, 4.69) is 0 Å². The van der Waals surface area contributed by atoms with Crippen LogP contribution in [0.3, 0.4) is 0 Å². The van der Waals surface area contributed by atoms with Gasteiger partial charge in [-0.25, -0.2) is 4.39 Å². The molecule has 0 aromatic carbocycles. The number of hydrogen-bond acceptors (Lipinski definition) is 1. The lowest BCUT2D eigenvalue weighted by Crippen LogP contribution is -1.88. The number of allylic oxidation sites excluding steroid dienone is 4. The molecule has 0 radical (unpaired) electrons. The van der Waals surface area contributed by atoms with Gasteiger partial charge in [0.2, 0.25) is 0 Å². The molecule has 11 heavy (non-hydrogen) atoms. The van der Waals surface area contributed by atoms with Crippen molar-refractivity contribution in [2.75, 3.05) is 6.26 Å². The van der Waals surface area contributed by atoms with Crippen LogP contribution < -0.4 is 0 Å². The summed E-state index contributed by atoms with van der Waals surface area (Å²) in [5.74, 6) is -0.389. The Bertz CT molecular complexity index is 229. The Morgan fingerprint density at radius 3 is 2.27 bits per heavy atom. The summed E-state index contributed by atoms with van der Waals surface area (Å²) in [6.07, 6.45) is 2.65. The lowest BCUT2D eigenvalue weighted by Gasteiger charge is -1.96. The fraction of sp³-hybridized carbons (Fsp3) is 0.429. The molecule has 0 N–H and O–H groups in total. The first-order valence-corrected chi connectivity index (χ1v) is 4.92. The molecule has 0 bridgehead atoms. The average molecular weight is 197 g/mol. The van der Waals surface area contributed by atoms with Crippen molar-refractivity contribution in [2.24, 2.45) is 0 Å². The summed E-state index contributed by atoms with van der Waals surface area (Å²) in [7, 11) is -1.12. The molecule has 0 fully saturated rings. The molecular weight excluding hydrogens is 187 g/mol. The quantitative estimate of drug-likeness (QED) is 0.621. The lowest BCUT2D eigenvalue weighted by molar-refractivity contribution is 0.640. The summed E-state index contributed by atoms with van der Waals surface area (Å²) in [6.45, 7) is 2.89. The molecule has 0 amide bonds. The molecule has 0 heterocycles. The molecule has 0 aliphatic carbocycles. The Morgan fingerprint density at radius 1 is 1.55 bits per heavy atom. The van der Waals surface area contributed by atoms with Crippen molar-refractivity contribution in [2.45, 2.75) is 13.8 Å². The summed E-state index contributed by atoms with van der Waals surface area (Å²) >= 11 is 5.59. The van der Waals surface area contributed by atoms with Gasteiger partial charge in [-0.05, 0) is 19.9 Å². The van der Waals surface area contributed by atoms with Crippen molar-refractivity contribution in [1.29, 1.82) is 0 Å². The first-order valence-electron chi connectivity index (χ1n) is 2.98. The summed E-state index contributed by atoms with van der Waals surface area (Å²) in [4.78, 5) is 0.490. The van der Waals surface area contributed by atoms with Crippen LogP contribution in [0, 0.1) is 0 Å². The number of rotatable bonds is 2. The van der Waals surface area contributed by atoms with Gasteiger partial charge in [0.25, 0.3) is 0 Å². The van der Waals surface area contributed by atoms with Crippen molar-refractivity contribution in [1.82, 2.24) is 0 Å². The van der Waals surface area contributed by atoms with E-state index in [0.29, 0.717) is 4.91 Å². The molecule has 4 heteroatoms. The molecule has 1 nitrogen and oxygen atoms in total. The van der Waals surface area contributed by atoms with E-state index >= 15 is 0 Å². The van der Waals surface area contributed by atoms with Crippen LogP contribution in [-0.4, -0.2) is 10.5 Å². The highest BCUT2D eigenvalue weighted by Crippen LogP contribution is 2.15. The van der Waals surface area contributed by atoms with E-state index < -0.39 is 10.8 Å². The molecule has 0 aromatic heterocycles. The maximum atomic E-state index is 12.2. The van der Waals surface area contributed by atoms with Crippen LogP contribution in [0.25, 0.3) is 0 Å². The normalized spacial score (nSPS) is 17.7. The standard InChI is InChI=1S/C7H10ClFOS/c1-5(9)4-7(8)6(2)11(3)10/h4H,1-3H3/b5-4+,7-6-. The third-order valence-corrected chi connectivity index (χ3v) is 2.68. The minimum Gasteiger partial charge on any atom is -0.255 e. The Kier molecular flexibility index (Phi) is 4.61. The molecule has 0 aliphatic heterocycles. The maximum absolute atomic E-state index is 12.2. The van der Waals surface area contributed by atoms with Crippen LogP contribution in [0.2, 0.25) is 0 Å². The molecule has 0 aromatic rings. The third-order valence-electron chi connectivity index (χ3n) is 1.09. The zero-order valence-electron chi connectivity index (χ0n) is 6.65. The Balaban J connectivity index is 4.68. The van der Waals surface area contributed by atoms with Crippen LogP contribution in [0.15, 0.2) is 21.8 Å². The fourth-order valence-corrected chi connectivity index (χ4v) is 1.22. The van der Waals surface area contributed by atoms with Gasteiger partial charge in [0, 0.05) is 22.0 Å². The van der Waals surface area contributed by atoms with Crippen LogP contribution in [0.5, 0.6) is 0 Å². The van der Waals surface area contributed by atoms with E-state index in [-0.39, 0.29) is 10.9 Å². The number of hydrogen-bond donors (Lipinski definition) is 0. The third kappa shape index (κ3) is 4.32. The molecular formula is C7H10ClFOS. The van der Waals surface area contributed by atoms with Gasteiger partial charge in [0.15, 0.2) is 0 Å². The monoisotopic (exact) mass is 196 g/mol. The highest BCUT2D eigenvalue weighted by Gasteiger charge is 2.00. The Hall–Kier alpha value is -0.150. The first kappa shape index (κ1) is 10.8. The molecule has 1 atom stereocenters. The zero-order chi connectivity index (χ0) is 9.02. The van der Waals surface area contributed by atoms with Crippen molar-refractivity contribution in [3.63, 3.8) is 0 Å². The largest absolute Gasteiger partial charge is 0.255 e. The van der Waals surface area contributed by atoms with Gasteiger partial charge in [-0.3, -0.25) is 4.21 Å². The molecule has 0 aliphatic rings. The van der Waals surface area contributed by atoms with Crippen LogP contribution in [0.4, 0.5) is 4.39 Å². The van der Waals surface area contributed by atoms with E-state index in [9.17, 15) is 8.60 Å². The molecule has 0 rings (SSSR count). The van der Waals surface area contributed by atoms with Crippen LogP contribution in [0.1, 0.15) is 13.8 Å². The Morgan fingerprint density at radius 2 is 2.00 bits per heavy atom. The second kappa shape index (κ2) is 4.67. The molecule has 0 saturated carbocycles. The van der Waals surface area contributed by atoms with E-state index in [1.165, 1.54) is 13.2 Å². The SMILES string of the molecule is C/C(=C(Cl)\C=C(/C)F)S(C)=O. The van der Waals surface area contributed by atoms with E-state index in [1.807, 2.05) is 0 Å². The second-order valence-electron chi connectivity index (χ2n) is 2.09. The zero-order valence-corrected chi connectivity index (χ0v) is 8.22. The van der Waals surface area contributed by atoms with Gasteiger partial charge < -0.3 is 0 Å². The predicted octanol–water partition coefficient (Wildman–Crippen LogP) is 2.71. The lowest BCUT2D eigenvalue weighted by atomic mass is 10.4. The molecule has 0 saturated heterocycles. The van der Waals surface area contributed by atoms with Crippen molar-refractivity contribution in [3.05, 3.63) is 21.8 Å². The summed E-state index contributed by atoms with van der Waals surface area (Å²) in [6, 6.07) is 0. The molecule has 1 unspecified atom stereocenters. The van der Waals surface area contributed by atoms with Gasteiger partial charge in [0.1, 0.15) is 0 Å². The van der Waals surface area contributed by atoms with Gasteiger partial charge in [-0.15, -0.1) is 0 Å². The maximum Gasteiger partial charge on any atom is 0.0983 e.